The van der Waals surface area contributed by atoms with Gasteiger partial charge in [-0.2, -0.15) is 0 Å². The fourth-order valence-electron chi connectivity index (χ4n) is 4.29. The molecule has 188 valence electrons. The number of carbonyl (C=O) groups is 1. The number of urea groups is 1. The number of ether oxygens (including phenoxy) is 2. The van der Waals surface area contributed by atoms with Crippen molar-refractivity contribution in [3.8, 4) is 11.5 Å². The van der Waals surface area contributed by atoms with Crippen molar-refractivity contribution in [3.63, 3.8) is 0 Å². The highest BCUT2D eigenvalue weighted by Gasteiger charge is 2.21. The minimum atomic E-state index is -0.0957. The van der Waals surface area contributed by atoms with E-state index in [9.17, 15) is 4.79 Å². The molecule has 2 amide bonds. The molecule has 0 unspecified atom stereocenters. The third-order valence-electron chi connectivity index (χ3n) is 6.41. The summed E-state index contributed by atoms with van der Waals surface area (Å²) in [4.78, 5) is 15.6. The van der Waals surface area contributed by atoms with Gasteiger partial charge in [0.05, 0.1) is 20.8 Å². The number of aryl methyl sites for hydroxylation is 1. The van der Waals surface area contributed by atoms with Crippen molar-refractivity contribution in [3.05, 3.63) is 77.1 Å². The summed E-state index contributed by atoms with van der Waals surface area (Å²) >= 11 is 0. The molecule has 1 N–H and O–H groups in total. The monoisotopic (exact) mass is 477 g/mol. The molecule has 2 aromatic carbocycles. The molecule has 0 bridgehead atoms. The van der Waals surface area contributed by atoms with Crippen LogP contribution in [-0.4, -0.2) is 36.3 Å². The van der Waals surface area contributed by atoms with Gasteiger partial charge in [-0.3, -0.25) is 0 Å². The van der Waals surface area contributed by atoms with Crippen LogP contribution in [0.5, 0.6) is 11.5 Å². The van der Waals surface area contributed by atoms with Crippen LogP contribution in [-0.2, 0) is 20.0 Å². The van der Waals surface area contributed by atoms with E-state index in [1.54, 1.807) is 14.2 Å². The van der Waals surface area contributed by atoms with Gasteiger partial charge in [0.25, 0.3) is 0 Å². The summed E-state index contributed by atoms with van der Waals surface area (Å²) in [5.74, 6) is 1.99. The number of nitrogens with one attached hydrogen (secondary N) is 1. The van der Waals surface area contributed by atoms with Crippen LogP contribution in [0.3, 0.4) is 0 Å². The Labute approximate surface area is 209 Å². The summed E-state index contributed by atoms with van der Waals surface area (Å²) < 4.78 is 12.9. The highest BCUT2D eigenvalue weighted by atomic mass is 16.5. The Morgan fingerprint density at radius 1 is 0.943 bits per heavy atom. The lowest BCUT2D eigenvalue weighted by molar-refractivity contribution is 0.208. The molecule has 0 aliphatic heterocycles. The van der Waals surface area contributed by atoms with E-state index in [1.165, 1.54) is 0 Å². The summed E-state index contributed by atoms with van der Waals surface area (Å²) in [5, 5.41) is 3.28. The number of methoxy groups -OCH3 is 2. The van der Waals surface area contributed by atoms with Crippen LogP contribution >= 0.6 is 0 Å². The zero-order valence-corrected chi connectivity index (χ0v) is 22.1. The molecule has 0 saturated carbocycles. The van der Waals surface area contributed by atoms with Gasteiger partial charge in [0.1, 0.15) is 0 Å². The predicted octanol–water partition coefficient (Wildman–Crippen LogP) is 6.57. The molecule has 3 rings (SSSR count). The third-order valence-corrected chi connectivity index (χ3v) is 6.41. The first-order valence-electron chi connectivity index (χ1n) is 12.2. The number of nitrogens with zero attached hydrogens (tertiary/aromatic N) is 2. The molecule has 0 fully saturated rings. The van der Waals surface area contributed by atoms with Gasteiger partial charge in [-0.25, -0.2) is 4.79 Å². The molecule has 0 aliphatic carbocycles. The van der Waals surface area contributed by atoms with Crippen LogP contribution in [0.2, 0.25) is 0 Å². The van der Waals surface area contributed by atoms with E-state index in [0.29, 0.717) is 42.8 Å². The van der Waals surface area contributed by atoms with Crippen molar-refractivity contribution in [1.29, 1.82) is 0 Å². The number of benzene rings is 2. The van der Waals surface area contributed by atoms with Crippen molar-refractivity contribution in [1.82, 2.24) is 9.47 Å². The van der Waals surface area contributed by atoms with Crippen molar-refractivity contribution in [2.45, 2.75) is 52.5 Å². The quantitative estimate of drug-likeness (QED) is 0.359. The normalized spacial score (nSPS) is 11.1. The summed E-state index contributed by atoms with van der Waals surface area (Å²) in [6.45, 7) is 9.72. The first kappa shape index (κ1) is 26.2. The van der Waals surface area contributed by atoms with Crippen LogP contribution < -0.4 is 14.8 Å². The average molecular weight is 478 g/mol. The zero-order chi connectivity index (χ0) is 25.5. The third kappa shape index (κ3) is 6.38. The number of hydrogen-bond donors (Lipinski definition) is 1. The van der Waals surface area contributed by atoms with Gasteiger partial charge in [-0.05, 0) is 59.2 Å². The molecular formula is C29H39N3O3. The fraction of sp³-hybridized carbons (Fsp3) is 0.414. The van der Waals surface area contributed by atoms with E-state index in [0.717, 1.165) is 28.1 Å². The smallest absolute Gasteiger partial charge is 0.322 e. The zero-order valence-electron chi connectivity index (χ0n) is 22.1. The van der Waals surface area contributed by atoms with E-state index in [2.05, 4.69) is 61.8 Å². The summed E-state index contributed by atoms with van der Waals surface area (Å²) in [7, 11) is 5.27. The summed E-state index contributed by atoms with van der Waals surface area (Å²) in [6.07, 6.45) is 2.70. The Hall–Kier alpha value is -3.41. The molecule has 6 nitrogen and oxygen atoms in total. The Morgan fingerprint density at radius 3 is 2.14 bits per heavy atom. The average Bonchev–Trinajstić information content (AvgIpc) is 3.25. The van der Waals surface area contributed by atoms with Gasteiger partial charge >= 0.3 is 6.03 Å². The maximum atomic E-state index is 13.7. The first-order chi connectivity index (χ1) is 16.7. The van der Waals surface area contributed by atoms with E-state index >= 15 is 0 Å². The van der Waals surface area contributed by atoms with E-state index in [1.807, 2.05) is 42.4 Å². The Balaban J connectivity index is 1.88. The standard InChI is InChI=1S/C29H39N3O3/c1-20(2)24-11-8-12-25(21(3)4)28(24)30-29(33)32(19-23-10-9-16-31(23)5)17-15-22-13-14-26(34-6)27(18-22)35-7/h8-14,16,18,20-21H,15,17,19H2,1-7H3,(H,30,33). The van der Waals surface area contributed by atoms with Crippen molar-refractivity contribution in [2.75, 3.05) is 26.1 Å². The molecule has 35 heavy (non-hydrogen) atoms. The topological polar surface area (TPSA) is 55.7 Å². The van der Waals surface area contributed by atoms with Crippen LogP contribution in [0, 0.1) is 0 Å². The van der Waals surface area contributed by atoms with E-state index < -0.39 is 0 Å². The number of rotatable bonds is 10. The largest absolute Gasteiger partial charge is 0.493 e. The van der Waals surface area contributed by atoms with Gasteiger partial charge in [-0.1, -0.05) is 52.0 Å². The lowest BCUT2D eigenvalue weighted by Gasteiger charge is -2.26. The van der Waals surface area contributed by atoms with E-state index in [-0.39, 0.29) is 6.03 Å². The van der Waals surface area contributed by atoms with Crippen LogP contribution in [0.15, 0.2) is 54.7 Å². The number of amides is 2. The lowest BCUT2D eigenvalue weighted by atomic mass is 9.93. The molecule has 0 spiro atoms. The van der Waals surface area contributed by atoms with Crippen LogP contribution in [0.4, 0.5) is 10.5 Å². The SMILES string of the molecule is COc1ccc(CCN(Cc2cccn2C)C(=O)Nc2c(C(C)C)cccc2C(C)C)cc1OC. The van der Waals surface area contributed by atoms with Gasteiger partial charge in [0.15, 0.2) is 11.5 Å². The first-order valence-corrected chi connectivity index (χ1v) is 12.2. The Morgan fingerprint density at radius 2 is 1.60 bits per heavy atom. The predicted molar refractivity (Wildman–Crippen MR) is 143 cm³/mol. The molecule has 0 aliphatic rings. The number of hydrogen-bond acceptors (Lipinski definition) is 3. The minimum absolute atomic E-state index is 0.0957. The molecule has 1 heterocycles. The minimum Gasteiger partial charge on any atom is -0.493 e. The van der Waals surface area contributed by atoms with Crippen molar-refractivity contribution >= 4 is 11.7 Å². The van der Waals surface area contributed by atoms with Gasteiger partial charge in [0, 0.05) is 31.2 Å². The highest BCUT2D eigenvalue weighted by molar-refractivity contribution is 5.91. The van der Waals surface area contributed by atoms with Gasteiger partial charge in [0.2, 0.25) is 0 Å². The fourth-order valence-corrected chi connectivity index (χ4v) is 4.29. The number of anilines is 1. The Bertz CT molecular complexity index is 1110. The number of carbonyl (C=O) groups excluding carboxylic acids is 1. The second-order valence-corrected chi connectivity index (χ2v) is 9.52. The van der Waals surface area contributed by atoms with Crippen molar-refractivity contribution < 1.29 is 14.3 Å². The number of para-hydroxylation sites is 1. The highest BCUT2D eigenvalue weighted by Crippen LogP contribution is 2.33. The molecule has 0 radical (unpaired) electrons. The molecule has 1 aromatic heterocycles. The summed E-state index contributed by atoms with van der Waals surface area (Å²) in [5.41, 5.74) is 5.41. The van der Waals surface area contributed by atoms with Gasteiger partial charge < -0.3 is 24.3 Å². The molecule has 0 atom stereocenters. The summed E-state index contributed by atoms with van der Waals surface area (Å²) in [6, 6.07) is 16.2. The Kier molecular flexibility index (Phi) is 8.85. The second-order valence-electron chi connectivity index (χ2n) is 9.52. The molecular weight excluding hydrogens is 438 g/mol. The second kappa shape index (κ2) is 11.8. The van der Waals surface area contributed by atoms with Crippen LogP contribution in [0.25, 0.3) is 0 Å². The van der Waals surface area contributed by atoms with Crippen LogP contribution in [0.1, 0.15) is 61.9 Å². The van der Waals surface area contributed by atoms with Gasteiger partial charge in [-0.15, -0.1) is 0 Å². The molecule has 3 aromatic rings. The number of aromatic nitrogens is 1. The van der Waals surface area contributed by atoms with E-state index in [4.69, 9.17) is 9.47 Å². The molecule has 0 saturated heterocycles. The maximum Gasteiger partial charge on any atom is 0.322 e. The maximum absolute atomic E-state index is 13.7. The molecule has 6 heteroatoms. The van der Waals surface area contributed by atoms with Crippen molar-refractivity contribution in [2.24, 2.45) is 7.05 Å². The lowest BCUT2D eigenvalue weighted by Crippen LogP contribution is -2.37.